The molecule has 0 saturated heterocycles. The number of carbonyl (C=O) groups excluding carboxylic acids is 2. The summed E-state index contributed by atoms with van der Waals surface area (Å²) in [6.45, 7) is 0.340. The topological polar surface area (TPSA) is 49.4 Å². The number of rotatable bonds is 5. The minimum Gasteiger partial charge on any atom is -0.351 e. The average molecular weight is 288 g/mol. The van der Waals surface area contributed by atoms with Gasteiger partial charge in [-0.1, -0.05) is 24.3 Å². The van der Waals surface area contributed by atoms with Crippen LogP contribution in [-0.4, -0.2) is 25.4 Å². The molecule has 0 radical (unpaired) electrons. The smallest absolute Gasteiger partial charge is 0.261 e. The molecule has 2 amide bonds. The molecule has 0 saturated carbocycles. The molecule has 0 bridgehead atoms. The number of nitrogens with zero attached hydrogens (tertiary/aromatic N) is 1. The fraction of sp³-hybridized carbons (Fsp3) is 0.200. The van der Waals surface area contributed by atoms with E-state index in [9.17, 15) is 9.59 Å². The summed E-state index contributed by atoms with van der Waals surface area (Å²) in [5.74, 6) is -0.155. The molecule has 0 fully saturated rings. The van der Waals surface area contributed by atoms with E-state index in [0.29, 0.717) is 11.4 Å². The van der Waals surface area contributed by atoms with Gasteiger partial charge in [-0.25, -0.2) is 0 Å². The lowest BCUT2D eigenvalue weighted by Gasteiger charge is -2.17. The Balaban J connectivity index is 1.79. The van der Waals surface area contributed by atoms with E-state index >= 15 is 0 Å². The van der Waals surface area contributed by atoms with E-state index in [2.05, 4.69) is 5.32 Å². The monoisotopic (exact) mass is 288 g/mol. The second-order valence-corrected chi connectivity index (χ2v) is 5.22. The number of nitrogens with one attached hydrogen (secondary N) is 1. The van der Waals surface area contributed by atoms with Crippen LogP contribution in [0.1, 0.15) is 16.1 Å². The summed E-state index contributed by atoms with van der Waals surface area (Å²) in [5.41, 5.74) is 0.849. The summed E-state index contributed by atoms with van der Waals surface area (Å²) >= 11 is 1.39. The van der Waals surface area contributed by atoms with Gasteiger partial charge in [0.2, 0.25) is 5.91 Å². The van der Waals surface area contributed by atoms with E-state index in [1.54, 1.807) is 18.0 Å². The van der Waals surface area contributed by atoms with Gasteiger partial charge >= 0.3 is 0 Å². The van der Waals surface area contributed by atoms with Crippen LogP contribution in [0.25, 0.3) is 0 Å². The molecule has 0 spiro atoms. The van der Waals surface area contributed by atoms with Crippen LogP contribution in [-0.2, 0) is 4.79 Å². The van der Waals surface area contributed by atoms with Gasteiger partial charge in [-0.15, -0.1) is 11.3 Å². The van der Waals surface area contributed by atoms with Crippen LogP contribution in [0.3, 0.4) is 0 Å². The first kappa shape index (κ1) is 14.3. The molecule has 1 heterocycles. The first-order valence-electron chi connectivity index (χ1n) is 6.32. The molecule has 0 unspecified atom stereocenters. The number of benzene rings is 1. The minimum atomic E-state index is -0.129. The van der Waals surface area contributed by atoms with Gasteiger partial charge in [0.25, 0.3) is 5.91 Å². The molecule has 5 heteroatoms. The van der Waals surface area contributed by atoms with E-state index in [-0.39, 0.29) is 18.2 Å². The average Bonchev–Trinajstić information content (AvgIpc) is 3.01. The first-order chi connectivity index (χ1) is 9.68. The highest BCUT2D eigenvalue weighted by molar-refractivity contribution is 7.12. The van der Waals surface area contributed by atoms with Crippen molar-refractivity contribution in [3.05, 3.63) is 52.7 Å². The number of thiophene rings is 1. The van der Waals surface area contributed by atoms with Crippen LogP contribution >= 0.6 is 11.3 Å². The highest BCUT2D eigenvalue weighted by Crippen LogP contribution is 2.12. The lowest BCUT2D eigenvalue weighted by Crippen LogP contribution is -2.31. The van der Waals surface area contributed by atoms with Crippen molar-refractivity contribution in [3.8, 4) is 0 Å². The van der Waals surface area contributed by atoms with Gasteiger partial charge in [-0.05, 0) is 23.6 Å². The van der Waals surface area contributed by atoms with E-state index in [0.717, 1.165) is 5.69 Å². The molecule has 2 rings (SSSR count). The molecule has 0 aliphatic carbocycles. The van der Waals surface area contributed by atoms with E-state index in [1.165, 1.54) is 11.3 Å². The fourth-order valence-electron chi connectivity index (χ4n) is 1.74. The van der Waals surface area contributed by atoms with Gasteiger partial charge in [-0.2, -0.15) is 0 Å². The molecule has 4 nitrogen and oxygen atoms in total. The number of para-hydroxylation sites is 1. The third-order valence-electron chi connectivity index (χ3n) is 2.89. The molecule has 1 aromatic carbocycles. The van der Waals surface area contributed by atoms with Crippen molar-refractivity contribution in [1.82, 2.24) is 5.32 Å². The van der Waals surface area contributed by atoms with Crippen molar-refractivity contribution in [3.63, 3.8) is 0 Å². The molecule has 104 valence electrons. The summed E-state index contributed by atoms with van der Waals surface area (Å²) in [4.78, 5) is 25.9. The van der Waals surface area contributed by atoms with Crippen molar-refractivity contribution in [1.29, 1.82) is 0 Å². The molecular weight excluding hydrogens is 272 g/mol. The summed E-state index contributed by atoms with van der Waals surface area (Å²) in [6, 6.07) is 13.0. The Morgan fingerprint density at radius 3 is 2.55 bits per heavy atom. The molecule has 20 heavy (non-hydrogen) atoms. The zero-order valence-corrected chi connectivity index (χ0v) is 12.0. The van der Waals surface area contributed by atoms with Crippen LogP contribution in [0, 0.1) is 0 Å². The van der Waals surface area contributed by atoms with Crippen molar-refractivity contribution in [2.45, 2.75) is 6.42 Å². The molecule has 2 aromatic rings. The number of hydrogen-bond acceptors (Lipinski definition) is 3. The lowest BCUT2D eigenvalue weighted by molar-refractivity contribution is -0.118. The van der Waals surface area contributed by atoms with Gasteiger partial charge < -0.3 is 10.2 Å². The molecule has 0 aliphatic rings. The Labute approximate surface area is 122 Å². The van der Waals surface area contributed by atoms with Gasteiger partial charge in [0.1, 0.15) is 0 Å². The number of carbonyl (C=O) groups is 2. The third-order valence-corrected chi connectivity index (χ3v) is 3.76. The molecule has 0 atom stereocenters. The maximum atomic E-state index is 12.0. The Kier molecular flexibility index (Phi) is 4.90. The predicted molar refractivity (Wildman–Crippen MR) is 81.1 cm³/mol. The van der Waals surface area contributed by atoms with Crippen molar-refractivity contribution in [2.24, 2.45) is 0 Å². The van der Waals surface area contributed by atoms with Gasteiger partial charge in [0, 0.05) is 25.7 Å². The SMILES string of the molecule is CN(C(=O)CCNC(=O)c1cccs1)c1ccccc1. The third kappa shape index (κ3) is 3.68. The standard InChI is InChI=1S/C15H16N2O2S/c1-17(12-6-3-2-4-7-12)14(18)9-10-16-15(19)13-8-5-11-20-13/h2-8,11H,9-10H2,1H3,(H,16,19). The van der Waals surface area contributed by atoms with Crippen LogP contribution in [0.5, 0.6) is 0 Å². The molecule has 0 aliphatic heterocycles. The van der Waals surface area contributed by atoms with Gasteiger partial charge in [0.15, 0.2) is 0 Å². The summed E-state index contributed by atoms with van der Waals surface area (Å²) < 4.78 is 0. The highest BCUT2D eigenvalue weighted by atomic mass is 32.1. The van der Waals surface area contributed by atoms with Crippen LogP contribution < -0.4 is 10.2 Å². The second kappa shape index (κ2) is 6.86. The normalized spacial score (nSPS) is 10.1. The largest absolute Gasteiger partial charge is 0.351 e. The van der Waals surface area contributed by atoms with E-state index in [1.807, 2.05) is 41.8 Å². The number of anilines is 1. The quantitative estimate of drug-likeness (QED) is 0.919. The lowest BCUT2D eigenvalue weighted by atomic mass is 10.2. The Bertz CT molecular complexity index is 567. The Hall–Kier alpha value is -2.14. The zero-order valence-electron chi connectivity index (χ0n) is 11.2. The zero-order chi connectivity index (χ0) is 14.4. The molecule has 1 aromatic heterocycles. The fourth-order valence-corrected chi connectivity index (χ4v) is 2.38. The number of hydrogen-bond donors (Lipinski definition) is 1. The maximum Gasteiger partial charge on any atom is 0.261 e. The van der Waals surface area contributed by atoms with Gasteiger partial charge in [-0.3, -0.25) is 9.59 Å². The molecular formula is C15H16N2O2S. The summed E-state index contributed by atoms with van der Waals surface area (Å²) in [5, 5.41) is 4.60. The van der Waals surface area contributed by atoms with Crippen molar-refractivity contribution >= 4 is 28.8 Å². The minimum absolute atomic E-state index is 0.0253. The Morgan fingerprint density at radius 2 is 1.90 bits per heavy atom. The maximum absolute atomic E-state index is 12.0. The van der Waals surface area contributed by atoms with Crippen LogP contribution in [0.2, 0.25) is 0 Å². The number of amides is 2. The highest BCUT2D eigenvalue weighted by Gasteiger charge is 2.11. The van der Waals surface area contributed by atoms with Crippen molar-refractivity contribution < 1.29 is 9.59 Å². The molecule has 1 N–H and O–H groups in total. The van der Waals surface area contributed by atoms with Crippen LogP contribution in [0.4, 0.5) is 5.69 Å². The second-order valence-electron chi connectivity index (χ2n) is 4.27. The Morgan fingerprint density at radius 1 is 1.15 bits per heavy atom. The first-order valence-corrected chi connectivity index (χ1v) is 7.20. The predicted octanol–water partition coefficient (Wildman–Crippen LogP) is 2.53. The van der Waals surface area contributed by atoms with Crippen molar-refractivity contribution in [2.75, 3.05) is 18.5 Å². The van der Waals surface area contributed by atoms with E-state index < -0.39 is 0 Å². The summed E-state index contributed by atoms with van der Waals surface area (Å²) in [7, 11) is 1.73. The van der Waals surface area contributed by atoms with Gasteiger partial charge in [0.05, 0.1) is 4.88 Å². The summed E-state index contributed by atoms with van der Waals surface area (Å²) in [6.07, 6.45) is 0.280. The van der Waals surface area contributed by atoms with E-state index in [4.69, 9.17) is 0 Å². The van der Waals surface area contributed by atoms with Crippen LogP contribution in [0.15, 0.2) is 47.8 Å².